The molecule has 0 fully saturated rings. The summed E-state index contributed by atoms with van der Waals surface area (Å²) in [5.74, 6) is 0.124. The van der Waals surface area contributed by atoms with Gasteiger partial charge in [0.1, 0.15) is 13.3 Å². The van der Waals surface area contributed by atoms with Gasteiger partial charge in [-0.1, -0.05) is 60.7 Å². The van der Waals surface area contributed by atoms with E-state index >= 15 is 0 Å². The highest BCUT2D eigenvalue weighted by Crippen LogP contribution is 2.16. The zero-order valence-corrected chi connectivity index (χ0v) is 13.3. The van der Waals surface area contributed by atoms with Crippen molar-refractivity contribution in [3.63, 3.8) is 0 Å². The van der Waals surface area contributed by atoms with Gasteiger partial charge in [0, 0.05) is 6.54 Å². The summed E-state index contributed by atoms with van der Waals surface area (Å²) in [6, 6.07) is 19.5. The molecule has 1 unspecified atom stereocenters. The minimum atomic E-state index is -0.865. The van der Waals surface area contributed by atoms with Crippen LogP contribution in [0.15, 0.2) is 65.7 Å². The van der Waals surface area contributed by atoms with E-state index in [0.29, 0.717) is 19.0 Å². The van der Waals surface area contributed by atoms with E-state index in [2.05, 4.69) is 4.99 Å². The van der Waals surface area contributed by atoms with Crippen LogP contribution in [0.4, 0.5) is 0 Å². The standard InChI is InChI=1S/C18H17ClN2O2/c19-16-17(23-12-15-9-5-2-6-10-15)20-13-21(18(16)22)11-14-7-3-1-4-8-14/h1-10,16H,11-13H2. The van der Waals surface area contributed by atoms with Gasteiger partial charge in [-0.25, -0.2) is 4.99 Å². The highest BCUT2D eigenvalue weighted by atomic mass is 35.5. The zero-order valence-electron chi connectivity index (χ0n) is 12.6. The first-order valence-electron chi connectivity index (χ1n) is 7.42. The van der Waals surface area contributed by atoms with Gasteiger partial charge in [0.05, 0.1) is 0 Å². The Morgan fingerprint density at radius 3 is 2.30 bits per heavy atom. The average molecular weight is 329 g/mol. The monoisotopic (exact) mass is 328 g/mol. The molecule has 0 saturated carbocycles. The molecule has 0 bridgehead atoms. The van der Waals surface area contributed by atoms with Gasteiger partial charge in [-0.05, 0) is 11.1 Å². The Balaban J connectivity index is 1.62. The van der Waals surface area contributed by atoms with Crippen molar-refractivity contribution in [3.05, 3.63) is 71.8 Å². The summed E-state index contributed by atoms with van der Waals surface area (Å²) >= 11 is 6.21. The van der Waals surface area contributed by atoms with E-state index in [1.54, 1.807) is 4.90 Å². The smallest absolute Gasteiger partial charge is 0.251 e. The quantitative estimate of drug-likeness (QED) is 0.809. The number of halogens is 1. The molecule has 118 valence electrons. The van der Waals surface area contributed by atoms with Crippen LogP contribution < -0.4 is 0 Å². The van der Waals surface area contributed by atoms with Crippen LogP contribution >= 0.6 is 11.6 Å². The van der Waals surface area contributed by atoms with Crippen molar-refractivity contribution in [1.82, 2.24) is 4.90 Å². The molecular weight excluding hydrogens is 312 g/mol. The van der Waals surface area contributed by atoms with Crippen LogP contribution in [0.5, 0.6) is 0 Å². The second-order valence-corrected chi connectivity index (χ2v) is 5.73. The fraction of sp³-hybridized carbons (Fsp3) is 0.222. The molecular formula is C18H17ClN2O2. The number of hydrogen-bond acceptors (Lipinski definition) is 3. The van der Waals surface area contributed by atoms with Crippen LogP contribution in [0.2, 0.25) is 0 Å². The molecule has 4 nitrogen and oxygen atoms in total. The molecule has 1 amide bonds. The Bertz CT molecular complexity index is 689. The number of aliphatic imine (C=N–C) groups is 1. The van der Waals surface area contributed by atoms with Crippen molar-refractivity contribution in [2.24, 2.45) is 4.99 Å². The molecule has 1 atom stereocenters. The number of carbonyl (C=O) groups excluding carboxylic acids is 1. The molecule has 0 aromatic heterocycles. The number of benzene rings is 2. The SMILES string of the molecule is O=C1C(Cl)C(OCc2ccccc2)=NCN1Cc1ccccc1. The van der Waals surface area contributed by atoms with Gasteiger partial charge in [-0.3, -0.25) is 4.79 Å². The Morgan fingerprint density at radius 2 is 1.65 bits per heavy atom. The molecule has 2 aromatic rings. The van der Waals surface area contributed by atoms with Crippen LogP contribution in [-0.4, -0.2) is 28.8 Å². The lowest BCUT2D eigenvalue weighted by Gasteiger charge is -2.28. The Labute approximate surface area is 140 Å². The van der Waals surface area contributed by atoms with Crippen molar-refractivity contribution in [2.75, 3.05) is 6.67 Å². The van der Waals surface area contributed by atoms with Crippen LogP contribution in [-0.2, 0) is 22.7 Å². The Kier molecular flexibility index (Phi) is 4.93. The number of rotatable bonds is 4. The maximum absolute atomic E-state index is 12.4. The van der Waals surface area contributed by atoms with Gasteiger partial charge in [0.15, 0.2) is 5.38 Å². The number of hydrogen-bond donors (Lipinski definition) is 0. The highest BCUT2D eigenvalue weighted by molar-refractivity contribution is 6.41. The summed E-state index contributed by atoms with van der Waals surface area (Å²) in [4.78, 5) is 18.3. The van der Waals surface area contributed by atoms with Gasteiger partial charge >= 0.3 is 0 Å². The molecule has 0 spiro atoms. The molecule has 0 saturated heterocycles. The zero-order chi connectivity index (χ0) is 16.1. The lowest BCUT2D eigenvalue weighted by atomic mass is 10.2. The third kappa shape index (κ3) is 3.90. The summed E-state index contributed by atoms with van der Waals surface area (Å²) in [7, 11) is 0. The number of carbonyl (C=O) groups is 1. The first-order chi connectivity index (χ1) is 11.2. The van der Waals surface area contributed by atoms with E-state index in [-0.39, 0.29) is 12.6 Å². The van der Waals surface area contributed by atoms with Crippen molar-refractivity contribution < 1.29 is 9.53 Å². The lowest BCUT2D eigenvalue weighted by molar-refractivity contribution is -0.131. The predicted molar refractivity (Wildman–Crippen MR) is 90.2 cm³/mol. The van der Waals surface area contributed by atoms with E-state index in [9.17, 15) is 4.79 Å². The van der Waals surface area contributed by atoms with Gasteiger partial charge in [0.2, 0.25) is 5.90 Å². The molecule has 5 heteroatoms. The lowest BCUT2D eigenvalue weighted by Crippen LogP contribution is -2.45. The average Bonchev–Trinajstić information content (AvgIpc) is 2.60. The molecule has 0 aliphatic carbocycles. The van der Waals surface area contributed by atoms with Crippen LogP contribution in [0.3, 0.4) is 0 Å². The molecule has 1 aliphatic heterocycles. The van der Waals surface area contributed by atoms with E-state index in [1.165, 1.54) is 0 Å². The molecule has 23 heavy (non-hydrogen) atoms. The number of alkyl halides is 1. The Morgan fingerprint density at radius 1 is 1.04 bits per heavy atom. The third-order valence-electron chi connectivity index (χ3n) is 3.59. The minimum Gasteiger partial charge on any atom is -0.475 e. The summed E-state index contributed by atoms with van der Waals surface area (Å²) in [6.45, 7) is 1.12. The minimum absolute atomic E-state index is 0.173. The summed E-state index contributed by atoms with van der Waals surface area (Å²) in [5, 5.41) is -0.865. The van der Waals surface area contributed by atoms with E-state index in [1.807, 2.05) is 60.7 Å². The van der Waals surface area contributed by atoms with Crippen LogP contribution in [0, 0.1) is 0 Å². The normalized spacial score (nSPS) is 17.8. The molecule has 1 aliphatic rings. The topological polar surface area (TPSA) is 41.9 Å². The predicted octanol–water partition coefficient (Wildman–Crippen LogP) is 3.21. The Hall–Kier alpha value is -2.33. The maximum atomic E-state index is 12.4. The molecule has 3 rings (SSSR count). The summed E-state index contributed by atoms with van der Waals surface area (Å²) < 4.78 is 5.62. The van der Waals surface area contributed by atoms with E-state index < -0.39 is 5.38 Å². The highest BCUT2D eigenvalue weighted by Gasteiger charge is 2.32. The first-order valence-corrected chi connectivity index (χ1v) is 7.85. The van der Waals surface area contributed by atoms with Crippen LogP contribution in [0.25, 0.3) is 0 Å². The summed E-state index contributed by atoms with van der Waals surface area (Å²) in [6.07, 6.45) is 0. The molecule has 2 aromatic carbocycles. The van der Waals surface area contributed by atoms with Crippen molar-refractivity contribution >= 4 is 23.4 Å². The third-order valence-corrected chi connectivity index (χ3v) is 3.96. The number of ether oxygens (including phenoxy) is 1. The number of amides is 1. The second kappa shape index (κ2) is 7.29. The molecule has 0 radical (unpaired) electrons. The molecule has 0 N–H and O–H groups in total. The summed E-state index contributed by atoms with van der Waals surface area (Å²) in [5.41, 5.74) is 2.06. The largest absolute Gasteiger partial charge is 0.475 e. The van der Waals surface area contributed by atoms with Gasteiger partial charge in [0.25, 0.3) is 5.91 Å². The first kappa shape index (κ1) is 15.6. The fourth-order valence-corrected chi connectivity index (χ4v) is 2.62. The van der Waals surface area contributed by atoms with Crippen molar-refractivity contribution in [2.45, 2.75) is 18.5 Å². The second-order valence-electron chi connectivity index (χ2n) is 5.30. The number of nitrogens with zero attached hydrogens (tertiary/aromatic N) is 2. The van der Waals surface area contributed by atoms with Crippen molar-refractivity contribution in [3.8, 4) is 0 Å². The van der Waals surface area contributed by atoms with E-state index in [4.69, 9.17) is 16.3 Å². The van der Waals surface area contributed by atoms with Crippen LogP contribution in [0.1, 0.15) is 11.1 Å². The van der Waals surface area contributed by atoms with Crippen molar-refractivity contribution in [1.29, 1.82) is 0 Å². The van der Waals surface area contributed by atoms with Gasteiger partial charge < -0.3 is 9.64 Å². The van der Waals surface area contributed by atoms with Gasteiger partial charge in [-0.2, -0.15) is 0 Å². The fourth-order valence-electron chi connectivity index (χ4n) is 2.35. The van der Waals surface area contributed by atoms with Gasteiger partial charge in [-0.15, -0.1) is 11.6 Å². The molecule has 1 heterocycles. The van der Waals surface area contributed by atoms with E-state index in [0.717, 1.165) is 11.1 Å². The maximum Gasteiger partial charge on any atom is 0.251 e.